The number of aryl methyl sites for hydroxylation is 1. The summed E-state index contributed by atoms with van der Waals surface area (Å²) in [6.45, 7) is 3.27. The van der Waals surface area contributed by atoms with Crippen molar-refractivity contribution in [2.24, 2.45) is 0 Å². The first-order valence-electron chi connectivity index (χ1n) is 7.53. The second-order valence-corrected chi connectivity index (χ2v) is 5.37. The van der Waals surface area contributed by atoms with E-state index in [1.54, 1.807) is 36.4 Å². The summed E-state index contributed by atoms with van der Waals surface area (Å²) in [4.78, 5) is 35.1. The highest BCUT2D eigenvalue weighted by atomic mass is 16.5. The number of benzene rings is 2. The summed E-state index contributed by atoms with van der Waals surface area (Å²) in [6, 6.07) is 11.7. The molecule has 0 aliphatic heterocycles. The van der Waals surface area contributed by atoms with Crippen LogP contribution in [0.25, 0.3) is 0 Å². The number of amides is 3. The molecule has 2 aromatic rings. The van der Waals surface area contributed by atoms with Crippen LogP contribution in [0.5, 0.6) is 5.75 Å². The van der Waals surface area contributed by atoms with Crippen molar-refractivity contribution in [3.8, 4) is 5.75 Å². The molecule has 0 aliphatic carbocycles. The van der Waals surface area contributed by atoms with Gasteiger partial charge in [-0.1, -0.05) is 6.07 Å². The lowest BCUT2D eigenvalue weighted by Crippen LogP contribution is -2.29. The lowest BCUT2D eigenvalue weighted by molar-refractivity contribution is -0.133. The van der Waals surface area contributed by atoms with Gasteiger partial charge in [-0.3, -0.25) is 14.4 Å². The molecule has 0 saturated heterocycles. The number of carbonyl (C=O) groups is 3. The number of hydrogen-bond acceptors (Lipinski definition) is 4. The normalized spacial score (nSPS) is 9.88. The Morgan fingerprint density at radius 2 is 1.40 bits per heavy atom. The van der Waals surface area contributed by atoms with E-state index in [1.165, 1.54) is 14.0 Å². The van der Waals surface area contributed by atoms with Crippen molar-refractivity contribution < 1.29 is 19.1 Å². The van der Waals surface area contributed by atoms with Crippen LogP contribution >= 0.6 is 0 Å². The van der Waals surface area contributed by atoms with Crippen LogP contribution in [0.15, 0.2) is 42.5 Å². The van der Waals surface area contributed by atoms with Crippen LogP contribution in [-0.2, 0) is 14.4 Å². The van der Waals surface area contributed by atoms with Crippen molar-refractivity contribution in [1.29, 1.82) is 0 Å². The van der Waals surface area contributed by atoms with Gasteiger partial charge in [0.15, 0.2) is 0 Å². The number of ether oxygens (including phenoxy) is 1. The zero-order valence-corrected chi connectivity index (χ0v) is 14.2. The zero-order valence-electron chi connectivity index (χ0n) is 14.2. The SMILES string of the molecule is COc1ccc(C)cc1NC(=O)C(=O)Nc1ccc(NC(C)=O)cc1. The van der Waals surface area contributed by atoms with E-state index in [1.807, 2.05) is 13.0 Å². The summed E-state index contributed by atoms with van der Waals surface area (Å²) < 4.78 is 5.16. The number of rotatable bonds is 4. The first-order chi connectivity index (χ1) is 11.9. The van der Waals surface area contributed by atoms with Gasteiger partial charge in [-0.15, -0.1) is 0 Å². The Balaban J connectivity index is 2.02. The molecule has 0 heterocycles. The maximum absolute atomic E-state index is 12.1. The predicted octanol–water partition coefficient (Wildman–Crippen LogP) is 2.54. The van der Waals surface area contributed by atoms with Crippen LogP contribution in [-0.4, -0.2) is 24.8 Å². The molecule has 130 valence electrons. The summed E-state index contributed by atoms with van der Waals surface area (Å²) in [5.41, 5.74) is 2.37. The second kappa shape index (κ2) is 7.96. The molecule has 25 heavy (non-hydrogen) atoms. The van der Waals surface area contributed by atoms with Crippen molar-refractivity contribution in [3.05, 3.63) is 48.0 Å². The molecular formula is C18H19N3O4. The maximum atomic E-state index is 12.1. The Bertz CT molecular complexity index is 800. The van der Waals surface area contributed by atoms with Crippen molar-refractivity contribution in [2.75, 3.05) is 23.1 Å². The van der Waals surface area contributed by atoms with Gasteiger partial charge in [-0.25, -0.2) is 0 Å². The third kappa shape index (κ3) is 5.07. The van der Waals surface area contributed by atoms with Gasteiger partial charge in [0.25, 0.3) is 0 Å². The number of carbonyl (C=O) groups excluding carboxylic acids is 3. The lowest BCUT2D eigenvalue weighted by Gasteiger charge is -2.11. The average Bonchev–Trinajstić information content (AvgIpc) is 2.56. The van der Waals surface area contributed by atoms with Gasteiger partial charge in [0, 0.05) is 18.3 Å². The van der Waals surface area contributed by atoms with Gasteiger partial charge in [0.2, 0.25) is 5.91 Å². The van der Waals surface area contributed by atoms with Crippen LogP contribution in [0.4, 0.5) is 17.1 Å². The topological polar surface area (TPSA) is 96.5 Å². The molecule has 2 aromatic carbocycles. The van der Waals surface area contributed by atoms with E-state index in [2.05, 4.69) is 16.0 Å². The molecule has 0 aromatic heterocycles. The number of nitrogens with one attached hydrogen (secondary N) is 3. The zero-order chi connectivity index (χ0) is 18.4. The van der Waals surface area contributed by atoms with Gasteiger partial charge in [-0.05, 0) is 48.9 Å². The molecule has 0 fully saturated rings. The molecule has 3 amide bonds. The fourth-order valence-electron chi connectivity index (χ4n) is 2.13. The van der Waals surface area contributed by atoms with E-state index >= 15 is 0 Å². The molecule has 3 N–H and O–H groups in total. The summed E-state index contributed by atoms with van der Waals surface area (Å²) >= 11 is 0. The summed E-state index contributed by atoms with van der Waals surface area (Å²) in [7, 11) is 1.48. The van der Waals surface area contributed by atoms with Gasteiger partial charge < -0.3 is 20.7 Å². The highest BCUT2D eigenvalue weighted by Crippen LogP contribution is 2.25. The van der Waals surface area contributed by atoms with E-state index in [0.29, 0.717) is 22.8 Å². The van der Waals surface area contributed by atoms with Gasteiger partial charge >= 0.3 is 11.8 Å². The third-order valence-electron chi connectivity index (χ3n) is 3.27. The summed E-state index contributed by atoms with van der Waals surface area (Å²) in [5.74, 6) is -1.35. The Morgan fingerprint density at radius 1 is 0.840 bits per heavy atom. The van der Waals surface area contributed by atoms with Crippen LogP contribution in [0.1, 0.15) is 12.5 Å². The monoisotopic (exact) mass is 341 g/mol. The molecule has 7 heteroatoms. The van der Waals surface area contributed by atoms with E-state index in [4.69, 9.17) is 4.74 Å². The summed E-state index contributed by atoms with van der Waals surface area (Å²) in [5, 5.41) is 7.63. The highest BCUT2D eigenvalue weighted by Gasteiger charge is 2.16. The second-order valence-electron chi connectivity index (χ2n) is 5.37. The average molecular weight is 341 g/mol. The van der Waals surface area contributed by atoms with Crippen molar-refractivity contribution in [3.63, 3.8) is 0 Å². The fourth-order valence-corrected chi connectivity index (χ4v) is 2.13. The van der Waals surface area contributed by atoms with Crippen LogP contribution in [0.3, 0.4) is 0 Å². The van der Waals surface area contributed by atoms with Crippen LogP contribution in [0.2, 0.25) is 0 Å². The molecule has 7 nitrogen and oxygen atoms in total. The minimum atomic E-state index is -0.810. The van der Waals surface area contributed by atoms with E-state index in [9.17, 15) is 14.4 Å². The first-order valence-corrected chi connectivity index (χ1v) is 7.53. The quantitative estimate of drug-likeness (QED) is 0.745. The Morgan fingerprint density at radius 3 is 1.96 bits per heavy atom. The van der Waals surface area contributed by atoms with Crippen LogP contribution in [0, 0.1) is 6.92 Å². The van der Waals surface area contributed by atoms with E-state index in [0.717, 1.165) is 5.56 Å². The maximum Gasteiger partial charge on any atom is 0.314 e. The molecule has 0 saturated carbocycles. The van der Waals surface area contributed by atoms with Crippen LogP contribution < -0.4 is 20.7 Å². The smallest absolute Gasteiger partial charge is 0.314 e. The molecule has 0 spiro atoms. The van der Waals surface area contributed by atoms with Gasteiger partial charge in [0.05, 0.1) is 12.8 Å². The largest absolute Gasteiger partial charge is 0.495 e. The molecule has 0 bridgehead atoms. The molecule has 0 unspecified atom stereocenters. The molecule has 2 rings (SSSR count). The minimum Gasteiger partial charge on any atom is -0.495 e. The molecular weight excluding hydrogens is 322 g/mol. The molecule has 0 aliphatic rings. The first kappa shape index (κ1) is 18.0. The number of methoxy groups -OCH3 is 1. The molecule has 0 radical (unpaired) electrons. The van der Waals surface area contributed by atoms with Gasteiger partial charge in [0.1, 0.15) is 5.75 Å². The lowest BCUT2D eigenvalue weighted by atomic mass is 10.2. The van der Waals surface area contributed by atoms with E-state index < -0.39 is 11.8 Å². The third-order valence-corrected chi connectivity index (χ3v) is 3.27. The van der Waals surface area contributed by atoms with Crippen molar-refractivity contribution >= 4 is 34.8 Å². The van der Waals surface area contributed by atoms with E-state index in [-0.39, 0.29) is 5.91 Å². The van der Waals surface area contributed by atoms with Crippen molar-refractivity contribution in [1.82, 2.24) is 0 Å². The van der Waals surface area contributed by atoms with Crippen molar-refractivity contribution in [2.45, 2.75) is 13.8 Å². The Hall–Kier alpha value is -3.35. The predicted molar refractivity (Wildman–Crippen MR) is 95.7 cm³/mol. The van der Waals surface area contributed by atoms with Gasteiger partial charge in [-0.2, -0.15) is 0 Å². The minimum absolute atomic E-state index is 0.191. The Kier molecular flexibility index (Phi) is 5.73. The standard InChI is InChI=1S/C18H19N3O4/c1-11-4-9-16(25-3)15(10-11)21-18(24)17(23)20-14-7-5-13(6-8-14)19-12(2)22/h4-10H,1-3H3,(H,19,22)(H,20,23)(H,21,24). The fraction of sp³-hybridized carbons (Fsp3) is 0.167. The summed E-state index contributed by atoms with van der Waals surface area (Å²) in [6.07, 6.45) is 0. The number of anilines is 3. The highest BCUT2D eigenvalue weighted by molar-refractivity contribution is 6.43. The Labute approximate surface area is 145 Å². The molecule has 0 atom stereocenters. The number of hydrogen-bond donors (Lipinski definition) is 3.